The second-order valence-corrected chi connectivity index (χ2v) is 8.27. The summed E-state index contributed by atoms with van der Waals surface area (Å²) >= 11 is 0. The number of carbonyl (C=O) groups excluding carboxylic acids is 1. The fraction of sp³-hybridized carbons (Fsp3) is 0.944. The lowest BCUT2D eigenvalue weighted by Gasteiger charge is -2.30. The zero-order chi connectivity index (χ0) is 16.8. The molecule has 1 fully saturated rings. The fourth-order valence-electron chi connectivity index (χ4n) is 2.90. The van der Waals surface area contributed by atoms with Crippen LogP contribution in [0.1, 0.15) is 67.2 Å². The monoisotopic (exact) mass is 312 g/mol. The molecule has 0 aromatic rings. The van der Waals surface area contributed by atoms with E-state index < -0.39 is 5.60 Å². The topological polar surface area (TPSA) is 50.4 Å². The molecule has 0 saturated heterocycles. The number of rotatable bonds is 6. The lowest BCUT2D eigenvalue weighted by Crippen LogP contribution is -2.46. The molecule has 1 amide bonds. The molecule has 1 aliphatic rings. The van der Waals surface area contributed by atoms with Crippen LogP contribution >= 0.6 is 0 Å². The van der Waals surface area contributed by atoms with Crippen molar-refractivity contribution >= 4 is 6.09 Å². The van der Waals surface area contributed by atoms with Gasteiger partial charge in [-0.05, 0) is 57.9 Å². The standard InChI is InChI=1S/C18H36N2O2/c1-13(2)16(12-20-17(21)22-18(4,5)6)19-11-15-9-7-14(3)8-10-15/h13-16,19H,7-12H2,1-6H3,(H,20,21). The van der Waals surface area contributed by atoms with Crippen molar-refractivity contribution in [1.82, 2.24) is 10.6 Å². The van der Waals surface area contributed by atoms with Gasteiger partial charge in [-0.1, -0.05) is 33.6 Å². The lowest BCUT2D eigenvalue weighted by atomic mass is 9.83. The summed E-state index contributed by atoms with van der Waals surface area (Å²) in [5.74, 6) is 2.17. The molecule has 0 aromatic carbocycles. The van der Waals surface area contributed by atoms with Crippen LogP contribution in [0, 0.1) is 17.8 Å². The summed E-state index contributed by atoms with van der Waals surface area (Å²) in [7, 11) is 0. The SMILES string of the molecule is CC1CCC(CNC(CNC(=O)OC(C)(C)C)C(C)C)CC1. The summed E-state index contributed by atoms with van der Waals surface area (Å²) in [6.07, 6.45) is 5.05. The third-order valence-corrected chi connectivity index (χ3v) is 4.47. The van der Waals surface area contributed by atoms with E-state index in [1.807, 2.05) is 20.8 Å². The largest absolute Gasteiger partial charge is 0.444 e. The van der Waals surface area contributed by atoms with Crippen molar-refractivity contribution < 1.29 is 9.53 Å². The Labute approximate surface area is 136 Å². The first kappa shape index (κ1) is 19.3. The first-order valence-corrected chi connectivity index (χ1v) is 8.87. The minimum atomic E-state index is -0.441. The normalized spacial score (nSPS) is 24.1. The summed E-state index contributed by atoms with van der Waals surface area (Å²) in [4.78, 5) is 11.8. The number of nitrogens with one attached hydrogen (secondary N) is 2. The second-order valence-electron chi connectivity index (χ2n) is 8.27. The third kappa shape index (κ3) is 8.02. The lowest BCUT2D eigenvalue weighted by molar-refractivity contribution is 0.0519. The van der Waals surface area contributed by atoms with E-state index in [4.69, 9.17) is 4.74 Å². The maximum atomic E-state index is 11.8. The van der Waals surface area contributed by atoms with E-state index in [1.165, 1.54) is 25.7 Å². The number of hydrogen-bond acceptors (Lipinski definition) is 3. The molecule has 4 heteroatoms. The molecule has 4 nitrogen and oxygen atoms in total. The summed E-state index contributed by atoms with van der Waals surface area (Å²) in [6, 6.07) is 0.298. The Hall–Kier alpha value is -0.770. The van der Waals surface area contributed by atoms with Crippen LogP contribution in [0.3, 0.4) is 0 Å². The summed E-state index contributed by atoms with van der Waals surface area (Å²) in [5, 5.41) is 6.54. The Balaban J connectivity index is 2.31. The van der Waals surface area contributed by atoms with Crippen LogP contribution < -0.4 is 10.6 Å². The molecular formula is C18H36N2O2. The molecule has 130 valence electrons. The van der Waals surface area contributed by atoms with Gasteiger partial charge < -0.3 is 15.4 Å². The Morgan fingerprint density at radius 2 is 1.77 bits per heavy atom. The first-order valence-electron chi connectivity index (χ1n) is 8.87. The van der Waals surface area contributed by atoms with Crippen molar-refractivity contribution in [2.75, 3.05) is 13.1 Å². The third-order valence-electron chi connectivity index (χ3n) is 4.47. The van der Waals surface area contributed by atoms with Gasteiger partial charge in [-0.15, -0.1) is 0 Å². The van der Waals surface area contributed by atoms with Crippen molar-refractivity contribution in [3.05, 3.63) is 0 Å². The van der Waals surface area contributed by atoms with Crippen LogP contribution in [0.5, 0.6) is 0 Å². The molecule has 1 atom stereocenters. The smallest absolute Gasteiger partial charge is 0.407 e. The van der Waals surface area contributed by atoms with E-state index in [9.17, 15) is 4.79 Å². The Bertz CT molecular complexity index is 328. The molecule has 0 aromatic heterocycles. The van der Waals surface area contributed by atoms with Crippen LogP contribution in [0.25, 0.3) is 0 Å². The van der Waals surface area contributed by atoms with Crippen LogP contribution in [0.15, 0.2) is 0 Å². The van der Waals surface area contributed by atoms with Crippen LogP contribution in [-0.4, -0.2) is 30.8 Å². The maximum Gasteiger partial charge on any atom is 0.407 e. The zero-order valence-corrected chi connectivity index (χ0v) is 15.4. The van der Waals surface area contributed by atoms with Crippen LogP contribution in [0.2, 0.25) is 0 Å². The van der Waals surface area contributed by atoms with Crippen molar-refractivity contribution in [3.8, 4) is 0 Å². The molecule has 0 bridgehead atoms. The molecule has 0 radical (unpaired) electrons. The van der Waals surface area contributed by atoms with E-state index in [1.54, 1.807) is 0 Å². The quantitative estimate of drug-likeness (QED) is 0.780. The van der Waals surface area contributed by atoms with Gasteiger partial charge in [0.25, 0.3) is 0 Å². The molecule has 0 spiro atoms. The number of alkyl carbamates (subject to hydrolysis) is 1. The van der Waals surface area contributed by atoms with E-state index in [-0.39, 0.29) is 6.09 Å². The van der Waals surface area contributed by atoms with Gasteiger partial charge in [0.1, 0.15) is 5.60 Å². The highest BCUT2D eigenvalue weighted by molar-refractivity contribution is 5.67. The highest BCUT2D eigenvalue weighted by Crippen LogP contribution is 2.27. The minimum Gasteiger partial charge on any atom is -0.444 e. The first-order chi connectivity index (χ1) is 10.2. The molecule has 2 N–H and O–H groups in total. The summed E-state index contributed by atoms with van der Waals surface area (Å²) in [6.45, 7) is 14.1. The van der Waals surface area contributed by atoms with Crippen LogP contribution in [0.4, 0.5) is 4.79 Å². The summed E-state index contributed by atoms with van der Waals surface area (Å²) < 4.78 is 5.30. The van der Waals surface area contributed by atoms with Gasteiger partial charge in [-0.3, -0.25) is 0 Å². The van der Waals surface area contributed by atoms with Gasteiger partial charge in [-0.2, -0.15) is 0 Å². The molecule has 1 rings (SSSR count). The molecule has 1 unspecified atom stereocenters. The molecule has 1 saturated carbocycles. The van der Waals surface area contributed by atoms with E-state index >= 15 is 0 Å². The predicted octanol–water partition coefficient (Wildman–Crippen LogP) is 3.95. The van der Waals surface area contributed by atoms with E-state index in [0.717, 1.165) is 18.4 Å². The van der Waals surface area contributed by atoms with Gasteiger partial charge in [0.2, 0.25) is 0 Å². The van der Waals surface area contributed by atoms with Gasteiger partial charge >= 0.3 is 6.09 Å². The molecule has 22 heavy (non-hydrogen) atoms. The van der Waals surface area contributed by atoms with E-state index in [0.29, 0.717) is 18.5 Å². The summed E-state index contributed by atoms with van der Waals surface area (Å²) in [5.41, 5.74) is -0.441. The van der Waals surface area contributed by atoms with Gasteiger partial charge in [0.05, 0.1) is 0 Å². The molecule has 0 aliphatic heterocycles. The van der Waals surface area contributed by atoms with Gasteiger partial charge in [0.15, 0.2) is 0 Å². The highest BCUT2D eigenvalue weighted by Gasteiger charge is 2.22. The Morgan fingerprint density at radius 1 is 1.18 bits per heavy atom. The predicted molar refractivity (Wildman–Crippen MR) is 92.0 cm³/mol. The molecule has 0 heterocycles. The molecular weight excluding hydrogens is 276 g/mol. The Morgan fingerprint density at radius 3 is 2.27 bits per heavy atom. The highest BCUT2D eigenvalue weighted by atomic mass is 16.6. The van der Waals surface area contributed by atoms with Gasteiger partial charge in [0, 0.05) is 12.6 Å². The van der Waals surface area contributed by atoms with E-state index in [2.05, 4.69) is 31.4 Å². The maximum absolute atomic E-state index is 11.8. The average molecular weight is 312 g/mol. The number of carbonyl (C=O) groups is 1. The number of amides is 1. The second kappa shape index (κ2) is 8.76. The number of ether oxygens (including phenoxy) is 1. The number of hydrogen-bond donors (Lipinski definition) is 2. The van der Waals surface area contributed by atoms with Crippen LogP contribution in [-0.2, 0) is 4.74 Å². The van der Waals surface area contributed by atoms with Gasteiger partial charge in [-0.25, -0.2) is 4.79 Å². The van der Waals surface area contributed by atoms with Crippen molar-refractivity contribution in [2.45, 2.75) is 78.9 Å². The van der Waals surface area contributed by atoms with Crippen molar-refractivity contribution in [2.24, 2.45) is 17.8 Å². The average Bonchev–Trinajstić information content (AvgIpc) is 2.38. The fourth-order valence-corrected chi connectivity index (χ4v) is 2.90. The minimum absolute atomic E-state index is 0.298. The Kier molecular flexibility index (Phi) is 7.67. The van der Waals surface area contributed by atoms with Crippen molar-refractivity contribution in [1.29, 1.82) is 0 Å². The molecule has 1 aliphatic carbocycles. The zero-order valence-electron chi connectivity index (χ0n) is 15.4. The van der Waals surface area contributed by atoms with Crippen molar-refractivity contribution in [3.63, 3.8) is 0 Å².